The van der Waals surface area contributed by atoms with Crippen LogP contribution in [0, 0.1) is 0 Å². The molecule has 0 aromatic heterocycles. The van der Waals surface area contributed by atoms with E-state index in [0.29, 0.717) is 52.9 Å². The van der Waals surface area contributed by atoms with Crippen molar-refractivity contribution in [3.8, 4) is 0 Å². The molecule has 1 fully saturated rings. The van der Waals surface area contributed by atoms with Gasteiger partial charge in [-0.2, -0.15) is 0 Å². The second-order valence-electron chi connectivity index (χ2n) is 4.90. The van der Waals surface area contributed by atoms with Crippen LogP contribution >= 0.6 is 0 Å². The standard InChI is InChI=1S/C14H29NO5/c1-14-13-19-12-11-18-10-9-17-8-7-16-5-3-15(2)4-6-20-14/h14H,3-13H2,1-2H3. The minimum Gasteiger partial charge on any atom is -0.378 e. The van der Waals surface area contributed by atoms with Gasteiger partial charge in [0.2, 0.25) is 0 Å². The van der Waals surface area contributed by atoms with Crippen LogP contribution in [0.3, 0.4) is 0 Å². The highest BCUT2D eigenvalue weighted by Crippen LogP contribution is 1.94. The molecule has 1 saturated heterocycles. The Hall–Kier alpha value is -0.240. The summed E-state index contributed by atoms with van der Waals surface area (Å²) < 4.78 is 27.5. The molecule has 1 unspecified atom stereocenters. The highest BCUT2D eigenvalue weighted by atomic mass is 16.6. The van der Waals surface area contributed by atoms with Crippen molar-refractivity contribution >= 4 is 0 Å². The Kier molecular flexibility index (Phi) is 11.1. The quantitative estimate of drug-likeness (QED) is 0.644. The van der Waals surface area contributed by atoms with Crippen LogP contribution in [0.2, 0.25) is 0 Å². The zero-order valence-electron chi connectivity index (χ0n) is 12.8. The van der Waals surface area contributed by atoms with Crippen molar-refractivity contribution in [1.82, 2.24) is 4.90 Å². The number of likely N-dealkylation sites (N-methyl/N-ethyl adjacent to an activating group) is 1. The Morgan fingerprint density at radius 1 is 0.700 bits per heavy atom. The van der Waals surface area contributed by atoms with Gasteiger partial charge >= 0.3 is 0 Å². The van der Waals surface area contributed by atoms with Crippen molar-refractivity contribution in [1.29, 1.82) is 0 Å². The molecule has 1 atom stereocenters. The Labute approximate surface area is 122 Å². The van der Waals surface area contributed by atoms with Gasteiger partial charge in [-0.15, -0.1) is 0 Å². The lowest BCUT2D eigenvalue weighted by molar-refractivity contribution is -0.0389. The average molecular weight is 291 g/mol. The number of rotatable bonds is 0. The summed E-state index contributed by atoms with van der Waals surface area (Å²) in [7, 11) is 2.07. The van der Waals surface area contributed by atoms with Crippen LogP contribution in [0.25, 0.3) is 0 Å². The molecule has 0 aromatic carbocycles. The normalized spacial score (nSPS) is 27.6. The maximum absolute atomic E-state index is 5.69. The highest BCUT2D eigenvalue weighted by Gasteiger charge is 2.04. The first kappa shape index (κ1) is 17.8. The summed E-state index contributed by atoms with van der Waals surface area (Å²) in [5.74, 6) is 0. The van der Waals surface area contributed by atoms with Crippen LogP contribution in [0.1, 0.15) is 6.92 Å². The molecule has 0 radical (unpaired) electrons. The second-order valence-corrected chi connectivity index (χ2v) is 4.90. The summed E-state index contributed by atoms with van der Waals surface area (Å²) >= 11 is 0. The predicted octanol–water partition coefficient (Wildman–Crippen LogP) is 0.403. The average Bonchev–Trinajstić information content (AvgIpc) is 2.43. The van der Waals surface area contributed by atoms with Crippen molar-refractivity contribution in [3.63, 3.8) is 0 Å². The third-order valence-electron chi connectivity index (χ3n) is 2.96. The van der Waals surface area contributed by atoms with Crippen molar-refractivity contribution in [2.45, 2.75) is 13.0 Å². The highest BCUT2D eigenvalue weighted by molar-refractivity contribution is 4.53. The first-order valence-electron chi connectivity index (χ1n) is 7.40. The Morgan fingerprint density at radius 3 is 1.85 bits per heavy atom. The Bertz CT molecular complexity index is 198. The van der Waals surface area contributed by atoms with Crippen LogP contribution in [0.5, 0.6) is 0 Å². The molecule has 0 aliphatic carbocycles. The van der Waals surface area contributed by atoms with Crippen molar-refractivity contribution < 1.29 is 23.7 Å². The largest absolute Gasteiger partial charge is 0.378 e. The Morgan fingerprint density at radius 2 is 1.20 bits per heavy atom. The van der Waals surface area contributed by atoms with Gasteiger partial charge in [-0.1, -0.05) is 0 Å². The van der Waals surface area contributed by atoms with Crippen LogP contribution in [0.4, 0.5) is 0 Å². The van der Waals surface area contributed by atoms with Crippen molar-refractivity contribution in [3.05, 3.63) is 0 Å². The van der Waals surface area contributed by atoms with Gasteiger partial charge in [-0.3, -0.25) is 0 Å². The predicted molar refractivity (Wildman–Crippen MR) is 76.2 cm³/mol. The van der Waals surface area contributed by atoms with Gasteiger partial charge in [-0.05, 0) is 14.0 Å². The van der Waals surface area contributed by atoms with E-state index in [4.69, 9.17) is 23.7 Å². The molecule has 20 heavy (non-hydrogen) atoms. The molecular formula is C14H29NO5. The number of ether oxygens (including phenoxy) is 5. The van der Waals surface area contributed by atoms with E-state index in [2.05, 4.69) is 11.9 Å². The smallest absolute Gasteiger partial charge is 0.0781 e. The maximum atomic E-state index is 5.69. The van der Waals surface area contributed by atoms with E-state index in [1.807, 2.05) is 6.92 Å². The third-order valence-corrected chi connectivity index (χ3v) is 2.96. The van der Waals surface area contributed by atoms with Gasteiger partial charge in [0.15, 0.2) is 0 Å². The van der Waals surface area contributed by atoms with Gasteiger partial charge in [0.05, 0.1) is 65.6 Å². The molecule has 0 saturated carbocycles. The van der Waals surface area contributed by atoms with Crippen LogP contribution in [0.15, 0.2) is 0 Å². The van der Waals surface area contributed by atoms with E-state index in [1.165, 1.54) is 0 Å². The zero-order valence-corrected chi connectivity index (χ0v) is 12.8. The Balaban J connectivity index is 2.17. The molecule has 0 amide bonds. The van der Waals surface area contributed by atoms with Crippen molar-refractivity contribution in [2.75, 3.05) is 79.6 Å². The summed E-state index contributed by atoms with van der Waals surface area (Å²) in [5.41, 5.74) is 0. The minimum atomic E-state index is 0.113. The molecule has 1 rings (SSSR count). The van der Waals surface area contributed by atoms with Gasteiger partial charge in [0.25, 0.3) is 0 Å². The van der Waals surface area contributed by atoms with E-state index < -0.39 is 0 Å². The summed E-state index contributed by atoms with van der Waals surface area (Å²) in [4.78, 5) is 2.20. The first-order valence-corrected chi connectivity index (χ1v) is 7.40. The molecule has 1 aliphatic rings. The maximum Gasteiger partial charge on any atom is 0.0781 e. The van der Waals surface area contributed by atoms with Crippen LogP contribution < -0.4 is 0 Å². The number of nitrogens with zero attached hydrogens (tertiary/aromatic N) is 1. The molecule has 1 heterocycles. The topological polar surface area (TPSA) is 49.4 Å². The van der Waals surface area contributed by atoms with E-state index in [1.54, 1.807) is 0 Å². The fourth-order valence-corrected chi connectivity index (χ4v) is 1.70. The molecule has 0 N–H and O–H groups in total. The zero-order chi connectivity index (χ0) is 14.5. The summed E-state index contributed by atoms with van der Waals surface area (Å²) in [6, 6.07) is 0. The summed E-state index contributed by atoms with van der Waals surface area (Å²) in [6.45, 7) is 9.48. The third kappa shape index (κ3) is 10.5. The number of hydrogen-bond donors (Lipinski definition) is 0. The van der Waals surface area contributed by atoms with Gasteiger partial charge in [-0.25, -0.2) is 0 Å². The fraction of sp³-hybridized carbons (Fsp3) is 1.00. The first-order chi connectivity index (χ1) is 9.79. The minimum absolute atomic E-state index is 0.113. The molecule has 6 heteroatoms. The molecule has 0 bridgehead atoms. The van der Waals surface area contributed by atoms with Gasteiger partial charge in [0, 0.05) is 13.1 Å². The molecular weight excluding hydrogens is 262 g/mol. The van der Waals surface area contributed by atoms with Gasteiger partial charge in [0.1, 0.15) is 0 Å². The molecule has 6 nitrogen and oxygen atoms in total. The lowest BCUT2D eigenvalue weighted by atomic mass is 10.4. The lowest BCUT2D eigenvalue weighted by Gasteiger charge is -2.19. The SMILES string of the molecule is CC1COCCOCCOCCOCCN(C)CCO1. The van der Waals surface area contributed by atoms with Gasteiger partial charge < -0.3 is 28.6 Å². The number of hydrogen-bond acceptors (Lipinski definition) is 6. The van der Waals surface area contributed by atoms with Crippen LogP contribution in [-0.4, -0.2) is 90.6 Å². The van der Waals surface area contributed by atoms with E-state index in [-0.39, 0.29) is 6.10 Å². The van der Waals surface area contributed by atoms with Crippen molar-refractivity contribution in [2.24, 2.45) is 0 Å². The summed E-state index contributed by atoms with van der Waals surface area (Å²) in [6.07, 6.45) is 0.113. The van der Waals surface area contributed by atoms with Crippen LogP contribution in [-0.2, 0) is 23.7 Å². The monoisotopic (exact) mass is 291 g/mol. The molecule has 0 spiro atoms. The molecule has 1 aliphatic heterocycles. The van der Waals surface area contributed by atoms with E-state index in [0.717, 1.165) is 19.7 Å². The second kappa shape index (κ2) is 12.5. The fourth-order valence-electron chi connectivity index (χ4n) is 1.70. The molecule has 120 valence electrons. The lowest BCUT2D eigenvalue weighted by Crippen LogP contribution is -2.29. The van der Waals surface area contributed by atoms with E-state index in [9.17, 15) is 0 Å². The van der Waals surface area contributed by atoms with E-state index >= 15 is 0 Å². The molecule has 0 aromatic rings. The summed E-state index contributed by atoms with van der Waals surface area (Å²) in [5, 5.41) is 0.